The Morgan fingerprint density at radius 1 is 1.18 bits per heavy atom. The van der Waals surface area contributed by atoms with Crippen LogP contribution in [0.3, 0.4) is 0 Å². The lowest BCUT2D eigenvalue weighted by atomic mass is 9.80. The molecule has 0 aliphatic heterocycles. The normalized spacial score (nSPS) is 21.5. The molecule has 2 unspecified atom stereocenters. The van der Waals surface area contributed by atoms with E-state index in [1.807, 2.05) is 39.0 Å². The second-order valence-corrected chi connectivity index (χ2v) is 7.08. The monoisotopic (exact) mass is 298 g/mol. The van der Waals surface area contributed by atoms with Gasteiger partial charge in [-0.05, 0) is 55.5 Å². The van der Waals surface area contributed by atoms with Crippen molar-refractivity contribution in [3.63, 3.8) is 0 Å². The summed E-state index contributed by atoms with van der Waals surface area (Å²) in [6, 6.07) is 12.3. The van der Waals surface area contributed by atoms with Crippen molar-refractivity contribution >= 4 is 16.7 Å². The largest absolute Gasteiger partial charge is 0.459 e. The van der Waals surface area contributed by atoms with E-state index in [1.165, 1.54) is 0 Å². The summed E-state index contributed by atoms with van der Waals surface area (Å²) in [6.07, 6.45) is 0.533. The van der Waals surface area contributed by atoms with Crippen molar-refractivity contribution < 1.29 is 14.6 Å². The molecule has 0 bridgehead atoms. The highest BCUT2D eigenvalue weighted by Crippen LogP contribution is 2.36. The highest BCUT2D eigenvalue weighted by molar-refractivity contribution is 5.87. The van der Waals surface area contributed by atoms with E-state index in [4.69, 9.17) is 4.74 Å². The zero-order valence-electron chi connectivity index (χ0n) is 13.3. The number of esters is 1. The van der Waals surface area contributed by atoms with Crippen LogP contribution in [0.4, 0.5) is 0 Å². The predicted molar refractivity (Wildman–Crippen MR) is 86.9 cm³/mol. The molecule has 1 aliphatic carbocycles. The molecule has 116 valence electrons. The third kappa shape index (κ3) is 3.00. The molecular weight excluding hydrogens is 276 g/mol. The van der Waals surface area contributed by atoms with E-state index >= 15 is 0 Å². The van der Waals surface area contributed by atoms with Crippen molar-refractivity contribution in [2.75, 3.05) is 0 Å². The summed E-state index contributed by atoms with van der Waals surface area (Å²) in [6.45, 7) is 5.60. The van der Waals surface area contributed by atoms with Gasteiger partial charge in [0.1, 0.15) is 5.60 Å². The molecular formula is C19H22O3. The number of rotatable bonds is 1. The minimum absolute atomic E-state index is 0.247. The number of benzene rings is 2. The van der Waals surface area contributed by atoms with Crippen LogP contribution in [0.15, 0.2) is 36.4 Å². The molecule has 3 rings (SSSR count). The molecule has 1 N–H and O–H groups in total. The molecule has 0 spiro atoms. The zero-order valence-corrected chi connectivity index (χ0v) is 13.3. The Labute approximate surface area is 130 Å². The number of aliphatic hydroxyl groups is 1. The van der Waals surface area contributed by atoms with Gasteiger partial charge in [-0.2, -0.15) is 0 Å². The molecule has 0 radical (unpaired) electrons. The first kappa shape index (κ1) is 15.0. The Kier molecular flexibility index (Phi) is 3.69. The molecule has 3 heteroatoms. The van der Waals surface area contributed by atoms with Crippen molar-refractivity contribution in [3.8, 4) is 0 Å². The maximum atomic E-state index is 12.5. The highest BCUT2D eigenvalue weighted by Gasteiger charge is 2.34. The Morgan fingerprint density at radius 3 is 2.45 bits per heavy atom. The molecule has 0 amide bonds. The Balaban J connectivity index is 2.04. The van der Waals surface area contributed by atoms with E-state index in [9.17, 15) is 9.90 Å². The van der Waals surface area contributed by atoms with Gasteiger partial charge in [0, 0.05) is 0 Å². The molecule has 0 saturated heterocycles. The van der Waals surface area contributed by atoms with Crippen molar-refractivity contribution in [2.24, 2.45) is 0 Å². The first-order chi connectivity index (χ1) is 10.3. The quantitative estimate of drug-likeness (QED) is 0.819. The Morgan fingerprint density at radius 2 is 1.82 bits per heavy atom. The summed E-state index contributed by atoms with van der Waals surface area (Å²) in [5.41, 5.74) is 1.53. The van der Waals surface area contributed by atoms with Crippen LogP contribution in [0.2, 0.25) is 0 Å². The average Bonchev–Trinajstić information content (AvgIpc) is 2.42. The van der Waals surface area contributed by atoms with Crippen LogP contribution in [-0.4, -0.2) is 22.8 Å². The smallest absolute Gasteiger partial charge is 0.314 e. The lowest BCUT2D eigenvalue weighted by Gasteiger charge is -2.30. The summed E-state index contributed by atoms with van der Waals surface area (Å²) in [4.78, 5) is 12.5. The number of aliphatic hydroxyl groups excluding tert-OH is 1. The average molecular weight is 298 g/mol. The van der Waals surface area contributed by atoms with Gasteiger partial charge < -0.3 is 9.84 Å². The molecule has 3 nitrogen and oxygen atoms in total. The lowest BCUT2D eigenvalue weighted by molar-refractivity contribution is -0.157. The van der Waals surface area contributed by atoms with Crippen molar-refractivity contribution in [2.45, 2.75) is 51.2 Å². The minimum atomic E-state index is -0.517. The summed E-state index contributed by atoms with van der Waals surface area (Å²) in [7, 11) is 0. The molecule has 0 saturated carbocycles. The standard InChI is InChI=1S/C19H22O3/c1-19(2,3)22-18(21)17-11-15(20)9-14-8-12-6-4-5-7-13(12)10-16(14)17/h4-8,10,15,17,20H,9,11H2,1-3H3. The molecule has 2 aromatic carbocycles. The van der Waals surface area contributed by atoms with Crippen LogP contribution in [0, 0.1) is 0 Å². The number of fused-ring (bicyclic) bond motifs is 2. The number of carbonyl (C=O) groups is 1. The molecule has 1 aliphatic rings. The molecule has 22 heavy (non-hydrogen) atoms. The summed E-state index contributed by atoms with van der Waals surface area (Å²) < 4.78 is 5.54. The molecule has 0 heterocycles. The van der Waals surface area contributed by atoms with Gasteiger partial charge in [-0.15, -0.1) is 0 Å². The van der Waals surface area contributed by atoms with Gasteiger partial charge in [-0.1, -0.05) is 36.4 Å². The predicted octanol–water partition coefficient (Wildman–Crippen LogP) is 3.57. The van der Waals surface area contributed by atoms with Gasteiger partial charge in [-0.3, -0.25) is 4.79 Å². The van der Waals surface area contributed by atoms with E-state index in [1.54, 1.807) is 0 Å². The van der Waals surface area contributed by atoms with E-state index in [0.717, 1.165) is 21.9 Å². The van der Waals surface area contributed by atoms with Crippen molar-refractivity contribution in [1.82, 2.24) is 0 Å². The van der Waals surface area contributed by atoms with E-state index < -0.39 is 11.7 Å². The number of ether oxygens (including phenoxy) is 1. The van der Waals surface area contributed by atoms with Crippen molar-refractivity contribution in [3.05, 3.63) is 47.5 Å². The van der Waals surface area contributed by atoms with Crippen LogP contribution in [0.25, 0.3) is 10.8 Å². The van der Waals surface area contributed by atoms with E-state index in [2.05, 4.69) is 18.2 Å². The van der Waals surface area contributed by atoms with Gasteiger partial charge in [0.15, 0.2) is 0 Å². The van der Waals surface area contributed by atoms with E-state index in [-0.39, 0.29) is 11.9 Å². The van der Waals surface area contributed by atoms with Gasteiger partial charge in [0.2, 0.25) is 0 Å². The number of hydrogen-bond acceptors (Lipinski definition) is 3. The second-order valence-electron chi connectivity index (χ2n) is 7.08. The summed E-state index contributed by atoms with van der Waals surface area (Å²) in [5, 5.41) is 12.4. The van der Waals surface area contributed by atoms with Crippen LogP contribution < -0.4 is 0 Å². The zero-order chi connectivity index (χ0) is 15.9. The highest BCUT2D eigenvalue weighted by atomic mass is 16.6. The fraction of sp³-hybridized carbons (Fsp3) is 0.421. The van der Waals surface area contributed by atoms with Gasteiger partial charge in [-0.25, -0.2) is 0 Å². The van der Waals surface area contributed by atoms with Crippen LogP contribution in [0.5, 0.6) is 0 Å². The van der Waals surface area contributed by atoms with Crippen LogP contribution in [0.1, 0.15) is 44.2 Å². The van der Waals surface area contributed by atoms with Gasteiger partial charge in [0.05, 0.1) is 12.0 Å². The maximum Gasteiger partial charge on any atom is 0.314 e. The topological polar surface area (TPSA) is 46.5 Å². The lowest BCUT2D eigenvalue weighted by Crippen LogP contribution is -2.33. The second kappa shape index (κ2) is 5.40. The van der Waals surface area contributed by atoms with Crippen molar-refractivity contribution in [1.29, 1.82) is 0 Å². The maximum absolute atomic E-state index is 12.5. The summed E-state index contributed by atoms with van der Waals surface area (Å²) >= 11 is 0. The van der Waals surface area contributed by atoms with E-state index in [0.29, 0.717) is 12.8 Å². The first-order valence-corrected chi connectivity index (χ1v) is 7.76. The number of carbonyl (C=O) groups excluding carboxylic acids is 1. The molecule has 2 aromatic rings. The minimum Gasteiger partial charge on any atom is -0.459 e. The molecule has 2 atom stereocenters. The first-order valence-electron chi connectivity index (χ1n) is 7.76. The third-order valence-electron chi connectivity index (χ3n) is 4.04. The third-order valence-corrected chi connectivity index (χ3v) is 4.04. The Bertz CT molecular complexity index is 712. The fourth-order valence-corrected chi connectivity index (χ4v) is 3.14. The molecule has 0 aromatic heterocycles. The SMILES string of the molecule is CC(C)(C)OC(=O)C1CC(O)Cc2cc3ccccc3cc21. The van der Waals surface area contributed by atoms with Gasteiger partial charge in [0.25, 0.3) is 0 Å². The van der Waals surface area contributed by atoms with Gasteiger partial charge >= 0.3 is 5.97 Å². The number of hydrogen-bond donors (Lipinski definition) is 1. The Hall–Kier alpha value is -1.87. The fourth-order valence-electron chi connectivity index (χ4n) is 3.14. The van der Waals surface area contributed by atoms with Crippen LogP contribution in [-0.2, 0) is 16.0 Å². The summed E-state index contributed by atoms with van der Waals surface area (Å²) in [5.74, 6) is -0.634. The van der Waals surface area contributed by atoms with Crippen LogP contribution >= 0.6 is 0 Å². The molecule has 0 fully saturated rings.